The van der Waals surface area contributed by atoms with Crippen molar-refractivity contribution < 1.29 is 4.74 Å². The van der Waals surface area contributed by atoms with Crippen molar-refractivity contribution in [1.29, 1.82) is 0 Å². The first-order valence-electron chi connectivity index (χ1n) is 6.47. The van der Waals surface area contributed by atoms with Gasteiger partial charge in [0, 0.05) is 24.4 Å². The van der Waals surface area contributed by atoms with Crippen LogP contribution in [0.3, 0.4) is 0 Å². The quantitative estimate of drug-likeness (QED) is 0.707. The van der Waals surface area contributed by atoms with Gasteiger partial charge in [0.05, 0.1) is 19.3 Å². The van der Waals surface area contributed by atoms with Crippen LogP contribution in [0.1, 0.15) is 39.3 Å². The Balaban J connectivity index is 2.30. The molecule has 0 aliphatic rings. The minimum Gasteiger partial charge on any atom is -0.379 e. The van der Waals surface area contributed by atoms with Crippen LogP contribution in [0.15, 0.2) is 12.4 Å². The topological polar surface area (TPSA) is 39.1 Å². The fourth-order valence-electron chi connectivity index (χ4n) is 1.63. The molecule has 0 saturated carbocycles. The van der Waals surface area contributed by atoms with Crippen LogP contribution in [-0.2, 0) is 11.3 Å². The van der Waals surface area contributed by atoms with Gasteiger partial charge in [0.25, 0.3) is 0 Å². The highest BCUT2D eigenvalue weighted by molar-refractivity contribution is 5.08. The van der Waals surface area contributed by atoms with Crippen LogP contribution in [0.2, 0.25) is 0 Å². The number of aromatic nitrogens is 2. The Morgan fingerprint density at radius 3 is 2.82 bits per heavy atom. The van der Waals surface area contributed by atoms with Crippen molar-refractivity contribution >= 4 is 0 Å². The van der Waals surface area contributed by atoms with Gasteiger partial charge in [-0.05, 0) is 19.4 Å². The molecule has 0 aromatic carbocycles. The van der Waals surface area contributed by atoms with Crippen molar-refractivity contribution in [2.75, 3.05) is 19.8 Å². The summed E-state index contributed by atoms with van der Waals surface area (Å²) in [6, 6.07) is 0.366. The molecule has 1 N–H and O–H groups in total. The first kappa shape index (κ1) is 14.2. The lowest BCUT2D eigenvalue weighted by atomic mass is 10.2. The summed E-state index contributed by atoms with van der Waals surface area (Å²) in [4.78, 5) is 0. The fourth-order valence-corrected chi connectivity index (χ4v) is 1.63. The number of hydrogen-bond donors (Lipinski definition) is 1. The van der Waals surface area contributed by atoms with Gasteiger partial charge in [-0.15, -0.1) is 0 Å². The van der Waals surface area contributed by atoms with Crippen LogP contribution in [0.4, 0.5) is 0 Å². The van der Waals surface area contributed by atoms with Gasteiger partial charge >= 0.3 is 0 Å². The zero-order valence-corrected chi connectivity index (χ0v) is 11.4. The van der Waals surface area contributed by atoms with Crippen LogP contribution in [0.5, 0.6) is 0 Å². The molecule has 0 fully saturated rings. The van der Waals surface area contributed by atoms with Crippen molar-refractivity contribution in [3.63, 3.8) is 0 Å². The summed E-state index contributed by atoms with van der Waals surface area (Å²) in [7, 11) is 0. The van der Waals surface area contributed by atoms with Gasteiger partial charge < -0.3 is 10.1 Å². The molecule has 1 unspecified atom stereocenters. The maximum absolute atomic E-state index is 5.54. The molecule has 1 heterocycles. The Morgan fingerprint density at radius 1 is 1.41 bits per heavy atom. The summed E-state index contributed by atoms with van der Waals surface area (Å²) in [6.07, 6.45) is 4.02. The summed E-state index contributed by atoms with van der Waals surface area (Å²) >= 11 is 0. The molecule has 1 aromatic heterocycles. The lowest BCUT2D eigenvalue weighted by Gasteiger charge is -2.09. The number of nitrogens with one attached hydrogen (secondary N) is 1. The van der Waals surface area contributed by atoms with Gasteiger partial charge in [-0.2, -0.15) is 5.10 Å². The average Bonchev–Trinajstić information content (AvgIpc) is 2.73. The van der Waals surface area contributed by atoms with Gasteiger partial charge in [-0.25, -0.2) is 0 Å². The molecule has 98 valence electrons. The Bertz CT molecular complexity index is 309. The number of hydrogen-bond acceptors (Lipinski definition) is 3. The molecular formula is C13H25N3O. The van der Waals surface area contributed by atoms with Crippen LogP contribution >= 0.6 is 0 Å². The first-order chi connectivity index (χ1) is 8.13. The Kier molecular flexibility index (Phi) is 6.22. The minimum atomic E-state index is 0.366. The molecule has 4 nitrogen and oxygen atoms in total. The number of rotatable bonds is 8. The smallest absolute Gasteiger partial charge is 0.0662 e. The molecule has 0 amide bonds. The van der Waals surface area contributed by atoms with E-state index in [-0.39, 0.29) is 0 Å². The van der Waals surface area contributed by atoms with Crippen molar-refractivity contribution in [2.45, 2.75) is 40.3 Å². The molecular weight excluding hydrogens is 214 g/mol. The third kappa shape index (κ3) is 5.33. The summed E-state index contributed by atoms with van der Waals surface area (Å²) in [6.45, 7) is 11.9. The highest BCUT2D eigenvalue weighted by Gasteiger charge is 2.06. The zero-order chi connectivity index (χ0) is 12.7. The van der Waals surface area contributed by atoms with Crippen molar-refractivity contribution in [3.8, 4) is 0 Å². The Morgan fingerprint density at radius 2 is 2.18 bits per heavy atom. The van der Waals surface area contributed by atoms with Gasteiger partial charge in [-0.1, -0.05) is 20.8 Å². The lowest BCUT2D eigenvalue weighted by molar-refractivity contribution is 0.101. The van der Waals surface area contributed by atoms with E-state index in [1.807, 2.05) is 10.9 Å². The van der Waals surface area contributed by atoms with Crippen molar-refractivity contribution in [3.05, 3.63) is 18.0 Å². The number of nitrogens with zero attached hydrogens (tertiary/aromatic N) is 2. The predicted molar refractivity (Wildman–Crippen MR) is 70.0 cm³/mol. The molecule has 17 heavy (non-hydrogen) atoms. The molecule has 4 heteroatoms. The fraction of sp³-hybridized carbons (Fsp3) is 0.769. The molecule has 0 bridgehead atoms. The molecule has 0 spiro atoms. The average molecular weight is 239 g/mol. The summed E-state index contributed by atoms with van der Waals surface area (Å²) in [5, 5.41) is 7.71. The Labute approximate surface area is 104 Å². The monoisotopic (exact) mass is 239 g/mol. The van der Waals surface area contributed by atoms with Crippen molar-refractivity contribution in [2.24, 2.45) is 5.92 Å². The van der Waals surface area contributed by atoms with Crippen LogP contribution < -0.4 is 5.32 Å². The van der Waals surface area contributed by atoms with Crippen LogP contribution in [0.25, 0.3) is 0 Å². The molecule has 0 aliphatic carbocycles. The van der Waals surface area contributed by atoms with Crippen molar-refractivity contribution in [1.82, 2.24) is 15.1 Å². The van der Waals surface area contributed by atoms with Gasteiger partial charge in [0.1, 0.15) is 0 Å². The van der Waals surface area contributed by atoms with E-state index in [1.54, 1.807) is 0 Å². The highest BCUT2D eigenvalue weighted by atomic mass is 16.5. The van der Waals surface area contributed by atoms with E-state index in [0.29, 0.717) is 12.0 Å². The lowest BCUT2D eigenvalue weighted by Crippen LogP contribution is -2.17. The van der Waals surface area contributed by atoms with E-state index in [4.69, 9.17) is 4.74 Å². The summed E-state index contributed by atoms with van der Waals surface area (Å²) in [5.74, 6) is 0.594. The van der Waals surface area contributed by atoms with E-state index < -0.39 is 0 Å². The molecule has 1 atom stereocenters. The summed E-state index contributed by atoms with van der Waals surface area (Å²) < 4.78 is 7.49. The third-order valence-corrected chi connectivity index (χ3v) is 2.58. The SMILES string of the molecule is CCNC(C)c1cnn(CCOCC(C)C)c1. The summed E-state index contributed by atoms with van der Waals surface area (Å²) in [5.41, 5.74) is 1.23. The third-order valence-electron chi connectivity index (χ3n) is 2.58. The molecule has 0 saturated heterocycles. The molecule has 1 aromatic rings. The first-order valence-corrected chi connectivity index (χ1v) is 6.47. The molecule has 0 radical (unpaired) electrons. The maximum atomic E-state index is 5.54. The van der Waals surface area contributed by atoms with E-state index in [1.165, 1.54) is 5.56 Å². The van der Waals surface area contributed by atoms with E-state index in [2.05, 4.69) is 44.3 Å². The van der Waals surface area contributed by atoms with Crippen LogP contribution in [-0.4, -0.2) is 29.5 Å². The van der Waals surface area contributed by atoms with E-state index in [0.717, 1.165) is 26.3 Å². The normalized spacial score (nSPS) is 13.2. The predicted octanol–water partition coefficient (Wildman–Crippen LogP) is 2.23. The van der Waals surface area contributed by atoms with Crippen LogP contribution in [0, 0.1) is 5.92 Å². The second-order valence-corrected chi connectivity index (χ2v) is 4.78. The highest BCUT2D eigenvalue weighted by Crippen LogP contribution is 2.10. The second kappa shape index (κ2) is 7.45. The van der Waals surface area contributed by atoms with E-state index in [9.17, 15) is 0 Å². The number of ether oxygens (including phenoxy) is 1. The minimum absolute atomic E-state index is 0.366. The Hall–Kier alpha value is -0.870. The van der Waals surface area contributed by atoms with Gasteiger partial charge in [0.2, 0.25) is 0 Å². The second-order valence-electron chi connectivity index (χ2n) is 4.78. The van der Waals surface area contributed by atoms with E-state index >= 15 is 0 Å². The van der Waals surface area contributed by atoms with Gasteiger partial charge in [-0.3, -0.25) is 4.68 Å². The van der Waals surface area contributed by atoms with Gasteiger partial charge in [0.15, 0.2) is 0 Å². The standard InChI is InChI=1S/C13H25N3O/c1-5-14-12(4)13-8-15-16(9-13)6-7-17-10-11(2)3/h8-9,11-12,14H,5-7,10H2,1-4H3. The zero-order valence-electron chi connectivity index (χ0n) is 11.4. The maximum Gasteiger partial charge on any atom is 0.0662 e. The largest absolute Gasteiger partial charge is 0.379 e. The molecule has 0 aliphatic heterocycles. The molecule has 1 rings (SSSR count).